The van der Waals surface area contributed by atoms with Crippen molar-refractivity contribution in [2.75, 3.05) is 6.61 Å². The standard InChI is InChI=1S/C30H24O5/c1-3-32-26-17-28-25(15-19(26)2)30(23-12-8-7-11-22(23)29(31)35-30)24-14-13-21(16-27(24)34-28)33-18-20-9-5-4-6-10-20/h4-17H,3,18H2,1-2H3. The van der Waals surface area contributed by atoms with Gasteiger partial charge in [-0.15, -0.1) is 0 Å². The Hall–Kier alpha value is -4.25. The van der Waals surface area contributed by atoms with Crippen LogP contribution in [0.15, 0.2) is 84.9 Å². The van der Waals surface area contributed by atoms with E-state index in [0.717, 1.165) is 33.6 Å². The zero-order chi connectivity index (χ0) is 24.0. The number of carbonyl (C=O) groups is 1. The molecule has 2 heterocycles. The lowest BCUT2D eigenvalue weighted by Crippen LogP contribution is -2.33. The van der Waals surface area contributed by atoms with E-state index < -0.39 is 5.60 Å². The van der Waals surface area contributed by atoms with Gasteiger partial charge in [0.15, 0.2) is 5.60 Å². The van der Waals surface area contributed by atoms with Crippen LogP contribution in [-0.2, 0) is 16.9 Å². The van der Waals surface area contributed by atoms with Crippen LogP contribution in [0, 0.1) is 6.92 Å². The molecule has 0 saturated heterocycles. The molecule has 0 aliphatic carbocycles. The lowest BCUT2D eigenvalue weighted by atomic mass is 9.77. The van der Waals surface area contributed by atoms with E-state index in [-0.39, 0.29) is 5.97 Å². The maximum atomic E-state index is 13.0. The van der Waals surface area contributed by atoms with Crippen LogP contribution in [0.25, 0.3) is 0 Å². The molecule has 1 spiro atoms. The summed E-state index contributed by atoms with van der Waals surface area (Å²) in [4.78, 5) is 13.0. The first-order chi connectivity index (χ1) is 17.1. The Morgan fingerprint density at radius 2 is 1.57 bits per heavy atom. The Morgan fingerprint density at radius 3 is 2.40 bits per heavy atom. The van der Waals surface area contributed by atoms with Gasteiger partial charge in [0.1, 0.15) is 29.6 Å². The molecule has 0 saturated carbocycles. The van der Waals surface area contributed by atoms with Crippen molar-refractivity contribution in [2.45, 2.75) is 26.1 Å². The highest BCUT2D eigenvalue weighted by Gasteiger charge is 2.53. The number of ether oxygens (including phenoxy) is 4. The van der Waals surface area contributed by atoms with Gasteiger partial charge >= 0.3 is 5.97 Å². The molecule has 1 unspecified atom stereocenters. The number of carbonyl (C=O) groups excluding carboxylic acids is 1. The summed E-state index contributed by atoms with van der Waals surface area (Å²) < 4.78 is 24.5. The number of rotatable bonds is 5. The van der Waals surface area contributed by atoms with E-state index in [0.29, 0.717) is 36.0 Å². The Bertz CT molecular complexity index is 1440. The zero-order valence-corrected chi connectivity index (χ0v) is 19.5. The summed E-state index contributed by atoms with van der Waals surface area (Å²) in [6, 6.07) is 27.1. The predicted octanol–water partition coefficient (Wildman–Crippen LogP) is 6.54. The first-order valence-electron chi connectivity index (χ1n) is 11.7. The van der Waals surface area contributed by atoms with E-state index in [1.165, 1.54) is 0 Å². The van der Waals surface area contributed by atoms with Crippen molar-refractivity contribution >= 4 is 5.97 Å². The summed E-state index contributed by atoms with van der Waals surface area (Å²) in [6.45, 7) is 4.91. The lowest BCUT2D eigenvalue weighted by molar-refractivity contribution is 0.0223. The van der Waals surface area contributed by atoms with Crippen molar-refractivity contribution in [3.8, 4) is 23.0 Å². The number of esters is 1. The minimum Gasteiger partial charge on any atom is -0.493 e. The summed E-state index contributed by atoms with van der Waals surface area (Å²) in [5.74, 6) is 2.23. The summed E-state index contributed by atoms with van der Waals surface area (Å²) >= 11 is 0. The summed E-state index contributed by atoms with van der Waals surface area (Å²) in [5.41, 5.74) is 3.81. The van der Waals surface area contributed by atoms with Gasteiger partial charge in [-0.3, -0.25) is 0 Å². The highest BCUT2D eigenvalue weighted by molar-refractivity contribution is 5.97. The number of benzene rings is 4. The molecule has 2 aliphatic rings. The largest absolute Gasteiger partial charge is 0.493 e. The van der Waals surface area contributed by atoms with Crippen LogP contribution in [-0.4, -0.2) is 12.6 Å². The third-order valence-corrected chi connectivity index (χ3v) is 6.53. The second-order valence-electron chi connectivity index (χ2n) is 8.70. The molecule has 5 nitrogen and oxygen atoms in total. The molecule has 4 aromatic carbocycles. The van der Waals surface area contributed by atoms with Crippen molar-refractivity contribution in [1.82, 2.24) is 0 Å². The van der Waals surface area contributed by atoms with E-state index in [1.54, 1.807) is 6.07 Å². The first kappa shape index (κ1) is 21.3. The van der Waals surface area contributed by atoms with Crippen molar-refractivity contribution in [2.24, 2.45) is 0 Å². The third kappa shape index (κ3) is 3.35. The Morgan fingerprint density at radius 1 is 0.800 bits per heavy atom. The molecule has 0 radical (unpaired) electrons. The first-order valence-corrected chi connectivity index (χ1v) is 11.7. The molecule has 0 bridgehead atoms. The van der Waals surface area contributed by atoms with Gasteiger partial charge in [-0.25, -0.2) is 4.79 Å². The molecule has 5 heteroatoms. The van der Waals surface area contributed by atoms with Crippen molar-refractivity contribution in [1.29, 1.82) is 0 Å². The normalized spacial score (nSPS) is 17.1. The lowest BCUT2D eigenvalue weighted by Gasteiger charge is -2.37. The number of hydrogen-bond acceptors (Lipinski definition) is 5. The third-order valence-electron chi connectivity index (χ3n) is 6.53. The molecular weight excluding hydrogens is 440 g/mol. The van der Waals surface area contributed by atoms with E-state index in [2.05, 4.69) is 0 Å². The van der Waals surface area contributed by atoms with E-state index >= 15 is 0 Å². The fourth-order valence-electron chi connectivity index (χ4n) is 4.93. The van der Waals surface area contributed by atoms with Gasteiger partial charge in [0.05, 0.1) is 12.2 Å². The number of fused-ring (bicyclic) bond motifs is 6. The fraction of sp³-hybridized carbons (Fsp3) is 0.167. The second kappa shape index (κ2) is 8.20. The molecule has 4 aromatic rings. The van der Waals surface area contributed by atoms with Crippen LogP contribution in [0.4, 0.5) is 0 Å². The van der Waals surface area contributed by atoms with Crippen LogP contribution in [0.5, 0.6) is 23.0 Å². The summed E-state index contributed by atoms with van der Waals surface area (Å²) in [7, 11) is 0. The van der Waals surface area contributed by atoms with E-state index in [1.807, 2.05) is 92.7 Å². The average molecular weight is 465 g/mol. The maximum Gasteiger partial charge on any atom is 0.340 e. The second-order valence-corrected chi connectivity index (χ2v) is 8.70. The molecular formula is C30H24O5. The molecule has 0 fully saturated rings. The Balaban J connectivity index is 1.50. The molecule has 35 heavy (non-hydrogen) atoms. The molecule has 2 aliphatic heterocycles. The minimum atomic E-state index is -1.11. The van der Waals surface area contributed by atoms with Crippen molar-refractivity contribution < 1.29 is 23.7 Å². The van der Waals surface area contributed by atoms with Crippen LogP contribution in [0.3, 0.4) is 0 Å². The minimum absolute atomic E-state index is 0.352. The van der Waals surface area contributed by atoms with Gasteiger partial charge in [-0.2, -0.15) is 0 Å². The zero-order valence-electron chi connectivity index (χ0n) is 19.5. The Kier molecular flexibility index (Phi) is 4.99. The average Bonchev–Trinajstić information content (AvgIpc) is 3.18. The predicted molar refractivity (Wildman–Crippen MR) is 131 cm³/mol. The molecule has 6 rings (SSSR count). The fourth-order valence-corrected chi connectivity index (χ4v) is 4.93. The molecule has 174 valence electrons. The monoisotopic (exact) mass is 464 g/mol. The summed E-state index contributed by atoms with van der Waals surface area (Å²) in [5, 5.41) is 0. The molecule has 0 aromatic heterocycles. The van der Waals surface area contributed by atoms with Gasteiger partial charge in [0, 0.05) is 28.8 Å². The van der Waals surface area contributed by atoms with Gasteiger partial charge in [-0.05, 0) is 49.2 Å². The van der Waals surface area contributed by atoms with E-state index in [4.69, 9.17) is 18.9 Å². The highest BCUT2D eigenvalue weighted by atomic mass is 16.6. The topological polar surface area (TPSA) is 54.0 Å². The smallest absolute Gasteiger partial charge is 0.340 e. The molecule has 1 atom stereocenters. The van der Waals surface area contributed by atoms with Gasteiger partial charge in [-0.1, -0.05) is 48.5 Å². The maximum absolute atomic E-state index is 13.0. The van der Waals surface area contributed by atoms with Gasteiger partial charge < -0.3 is 18.9 Å². The van der Waals surface area contributed by atoms with Crippen LogP contribution in [0.2, 0.25) is 0 Å². The quantitative estimate of drug-likeness (QED) is 0.314. The highest BCUT2D eigenvalue weighted by Crippen LogP contribution is 2.57. The van der Waals surface area contributed by atoms with Crippen molar-refractivity contribution in [3.05, 3.63) is 118 Å². The Labute approximate surface area is 203 Å². The summed E-state index contributed by atoms with van der Waals surface area (Å²) in [6.07, 6.45) is 0. The van der Waals surface area contributed by atoms with E-state index in [9.17, 15) is 4.79 Å². The van der Waals surface area contributed by atoms with Crippen LogP contribution < -0.4 is 14.2 Å². The molecule has 0 amide bonds. The number of aryl methyl sites for hydroxylation is 1. The SMILES string of the molecule is CCOc1cc2c(cc1C)C1(OC(=O)c3ccccc31)c1ccc(OCc3ccccc3)cc1O2. The van der Waals surface area contributed by atoms with Crippen molar-refractivity contribution in [3.63, 3.8) is 0 Å². The van der Waals surface area contributed by atoms with Crippen LogP contribution in [0.1, 0.15) is 45.1 Å². The number of hydrogen-bond donors (Lipinski definition) is 0. The van der Waals surface area contributed by atoms with Gasteiger partial charge in [0.25, 0.3) is 0 Å². The van der Waals surface area contributed by atoms with Crippen LogP contribution >= 0.6 is 0 Å². The molecule has 0 N–H and O–H groups in total. The van der Waals surface area contributed by atoms with Gasteiger partial charge in [0.2, 0.25) is 0 Å².